The molecule has 0 amide bonds. The minimum absolute atomic E-state index is 0. The minimum atomic E-state index is -1.00. The Morgan fingerprint density at radius 3 is 1.55 bits per heavy atom. The van der Waals surface area contributed by atoms with Gasteiger partial charge in [-0.3, -0.25) is 23.5 Å². The summed E-state index contributed by atoms with van der Waals surface area (Å²) in [6, 6.07) is 25.7. The zero-order valence-corrected chi connectivity index (χ0v) is 44.7. The van der Waals surface area contributed by atoms with Crippen molar-refractivity contribution in [3.63, 3.8) is 0 Å². The number of aromatic amines is 1. The van der Waals surface area contributed by atoms with Gasteiger partial charge < -0.3 is 20.0 Å². The van der Waals surface area contributed by atoms with Crippen LogP contribution in [0, 0.1) is 49.9 Å². The molecule has 0 saturated carbocycles. The fourth-order valence-corrected chi connectivity index (χ4v) is 6.27. The Morgan fingerprint density at radius 2 is 1.14 bits per heavy atom. The molecule has 14 nitrogen and oxygen atoms in total. The summed E-state index contributed by atoms with van der Waals surface area (Å²) in [6.07, 6.45) is 2.86. The molecule has 0 fully saturated rings. The molecule has 22 heteroatoms. The van der Waals surface area contributed by atoms with Crippen molar-refractivity contribution in [3.05, 3.63) is 180 Å². The first-order valence-corrected chi connectivity index (χ1v) is 21.0. The molecule has 0 aliphatic rings. The SMILES string of the molecule is CN(C)C=Nc1cc(=O)[nH]c(=O)n1-c1ccc(I)cc1F.CN(C)C=Nc1cc(=O)n(Cc2ccc(CO)cc2)c(=O)n1-c1ccc(I)cc1F.OCc1ccc(CCl)cc1.[2H]CF.[2H][B].[U]. The number of hydrogen-bond donors (Lipinski definition) is 3. The van der Waals surface area contributed by atoms with E-state index >= 15 is 0 Å². The summed E-state index contributed by atoms with van der Waals surface area (Å²) in [6.45, 7) is 0.00724. The summed E-state index contributed by atoms with van der Waals surface area (Å²) < 4.78 is 54.0. The second-order valence-electron chi connectivity index (χ2n) is 13.4. The van der Waals surface area contributed by atoms with E-state index in [1.807, 2.05) is 69.4 Å². The van der Waals surface area contributed by atoms with Crippen molar-refractivity contribution in [1.82, 2.24) is 28.5 Å². The number of aliphatic hydroxyl groups excluding tert-OH is 2. The van der Waals surface area contributed by atoms with Crippen LogP contribution in [0.1, 0.15) is 23.6 Å². The van der Waals surface area contributed by atoms with E-state index in [2.05, 4.69) is 23.3 Å². The van der Waals surface area contributed by atoms with Gasteiger partial charge in [-0.05, 0) is 105 Å². The molecule has 0 saturated heterocycles. The zero-order chi connectivity index (χ0) is 49.5. The van der Waals surface area contributed by atoms with Gasteiger partial charge in [0.05, 0.1) is 52.3 Å². The second-order valence-corrected chi connectivity index (χ2v) is 16.1. The average Bonchev–Trinajstić information content (AvgIpc) is 3.28. The Morgan fingerprint density at radius 1 is 0.723 bits per heavy atom. The van der Waals surface area contributed by atoms with Gasteiger partial charge in [0.15, 0.2) is 0 Å². The van der Waals surface area contributed by atoms with Gasteiger partial charge in [0.1, 0.15) is 23.3 Å². The van der Waals surface area contributed by atoms with E-state index in [1.165, 1.54) is 43.0 Å². The third-order valence-corrected chi connectivity index (χ3v) is 9.79. The van der Waals surface area contributed by atoms with Crippen molar-refractivity contribution in [2.75, 3.05) is 35.3 Å². The molecule has 6 aromatic rings. The van der Waals surface area contributed by atoms with Gasteiger partial charge in [0.2, 0.25) is 0 Å². The maximum atomic E-state index is 14.7. The van der Waals surface area contributed by atoms with Crippen molar-refractivity contribution in [3.8, 4) is 11.4 Å². The van der Waals surface area contributed by atoms with Gasteiger partial charge in [0, 0.05) is 92.8 Å². The number of benzene rings is 4. The smallest absolute Gasteiger partial charge is 0.337 e. The average molecular weight is 1370 g/mol. The van der Waals surface area contributed by atoms with E-state index in [9.17, 15) is 37.5 Å². The van der Waals surface area contributed by atoms with Crippen LogP contribution in [0.3, 0.4) is 0 Å². The molecule has 2 aromatic heterocycles. The first kappa shape index (κ1) is 55.1. The van der Waals surface area contributed by atoms with Gasteiger partial charge in [-0.1, -0.05) is 48.5 Å². The Hall–Kier alpha value is -4.24. The predicted octanol–water partition coefficient (Wildman–Crippen LogP) is 5.85. The topological polar surface area (TPSA) is 171 Å². The first-order chi connectivity index (χ1) is 31.5. The van der Waals surface area contributed by atoms with Crippen molar-refractivity contribution >= 4 is 89.5 Å². The number of aromatic nitrogens is 4. The largest absolute Gasteiger partial charge is 0.392 e. The van der Waals surface area contributed by atoms with Crippen LogP contribution in [-0.2, 0) is 25.6 Å². The Kier molecular flexibility index (Phi) is 24.9. The van der Waals surface area contributed by atoms with Gasteiger partial charge >= 0.3 is 11.4 Å². The molecule has 2 radical (unpaired) electrons. The Bertz CT molecular complexity index is 2760. The second kappa shape index (κ2) is 29.4. The first-order valence-electron chi connectivity index (χ1n) is 19.6. The fraction of sp³-hybridized carbons (Fsp3) is 0.209. The molecular weight excluding hydrogens is 1320 g/mol. The predicted molar refractivity (Wildman–Crippen MR) is 266 cm³/mol. The van der Waals surface area contributed by atoms with Crippen LogP contribution in [0.2, 0.25) is 0 Å². The number of aliphatic hydroxyl groups is 2. The number of rotatable bonds is 11. The molecule has 65 heavy (non-hydrogen) atoms. The normalized spacial score (nSPS) is 10.6. The number of H-pyrrole nitrogens is 1. The standard InChI is InChI=1S/C21H20FIN4O3.C13H12FIN4O2.C8H9ClO.CH3F.BH.U/c1-25(2)13-24-19-10-20(29)26(11-14-3-5-15(12-28)6-4-14)21(30)27(19)18-8-7-16(23)9-17(18)22;1-18(2)7-16-11-6-12(20)17-13(21)19(11)10-4-3-8(15)5-9(10)14;9-5-7-1-3-8(6-10)4-2-7;1-2;;/h3-10,13,28H,11-12H2,1-2H3;3-7H,1-2H3,(H,17,20,21);1-4,10H,5-6H2;1H3;1H;/i;;;2*1D;. The molecule has 342 valence electrons. The summed E-state index contributed by atoms with van der Waals surface area (Å²) in [5, 5.41) is 17.8. The van der Waals surface area contributed by atoms with Gasteiger partial charge in [-0.15, -0.1) is 11.6 Å². The molecule has 0 aliphatic heterocycles. The monoisotopic (exact) mass is 1370 g/mol. The van der Waals surface area contributed by atoms with Crippen LogP contribution in [-0.4, -0.2) is 96.4 Å². The maximum Gasteiger partial charge on any atom is 0.337 e. The van der Waals surface area contributed by atoms with Crippen molar-refractivity contribution in [1.29, 1.82) is 1.34 Å². The van der Waals surface area contributed by atoms with Crippen LogP contribution in [0.4, 0.5) is 24.8 Å². The minimum Gasteiger partial charge on any atom is -0.392 e. The molecule has 0 aliphatic carbocycles. The summed E-state index contributed by atoms with van der Waals surface area (Å²) in [5.41, 5.74) is 0.898. The number of halogens is 6. The zero-order valence-electron chi connectivity index (χ0n) is 37.4. The van der Waals surface area contributed by atoms with E-state index in [0.717, 1.165) is 36.5 Å². The quantitative estimate of drug-likeness (QED) is 0.0477. The summed E-state index contributed by atoms with van der Waals surface area (Å²) in [4.78, 5) is 63.0. The van der Waals surface area contributed by atoms with E-state index < -0.39 is 41.3 Å². The summed E-state index contributed by atoms with van der Waals surface area (Å²) >= 11 is 9.51. The molecule has 6 rings (SSSR count). The van der Waals surface area contributed by atoms with E-state index in [0.29, 0.717) is 18.6 Å². The van der Waals surface area contributed by atoms with Crippen molar-refractivity contribution in [2.24, 2.45) is 9.98 Å². The van der Waals surface area contributed by atoms with Crippen LogP contribution in [0.15, 0.2) is 126 Å². The van der Waals surface area contributed by atoms with Crippen LogP contribution in [0.25, 0.3) is 11.4 Å². The fourth-order valence-electron chi connectivity index (χ4n) is 5.18. The van der Waals surface area contributed by atoms with Gasteiger partial charge in [-0.2, -0.15) is 0 Å². The number of nitrogens with one attached hydrogen (secondary N) is 1. The van der Waals surface area contributed by atoms with E-state index in [-0.39, 0.29) is 73.9 Å². The third-order valence-electron chi connectivity index (χ3n) is 8.14. The van der Waals surface area contributed by atoms with E-state index in [1.54, 1.807) is 74.4 Å². The van der Waals surface area contributed by atoms with Crippen molar-refractivity contribution in [2.45, 2.75) is 25.6 Å². The number of aliphatic imine (C=N–C) groups is 2. The van der Waals surface area contributed by atoms with Crippen LogP contribution >= 0.6 is 56.8 Å². The third kappa shape index (κ3) is 17.8. The van der Waals surface area contributed by atoms with Crippen LogP contribution < -0.4 is 22.5 Å². The number of alkyl halides is 2. The Labute approximate surface area is 433 Å². The summed E-state index contributed by atoms with van der Waals surface area (Å²) in [5.74, 6) is -0.547. The molecule has 0 bridgehead atoms. The molecular formula is C43H45BClF3I2N8O6U. The molecule has 0 atom stereocenters. The van der Waals surface area contributed by atoms with Gasteiger partial charge in [-0.25, -0.2) is 37.5 Å². The maximum absolute atomic E-state index is 14.7. The van der Waals surface area contributed by atoms with E-state index in [4.69, 9.17) is 19.4 Å². The van der Waals surface area contributed by atoms with Gasteiger partial charge in [0.25, 0.3) is 11.1 Å². The number of nitrogens with zero attached hydrogens (tertiary/aromatic N) is 7. The van der Waals surface area contributed by atoms with Crippen LogP contribution in [0.5, 0.6) is 0 Å². The molecule has 0 unspecified atom stereocenters. The molecule has 4 aromatic carbocycles. The Balaban J connectivity index is 0.000000524. The molecule has 0 spiro atoms. The summed E-state index contributed by atoms with van der Waals surface area (Å²) in [7, 11) is 9.72. The number of hydrogen-bond acceptors (Lipinski definition) is 8. The molecule has 2 heterocycles. The van der Waals surface area contributed by atoms with Crippen molar-refractivity contribution < 1.29 is 55.9 Å². The molecule has 3 N–H and O–H groups in total.